The summed E-state index contributed by atoms with van der Waals surface area (Å²) in [5, 5.41) is 0. The maximum absolute atomic E-state index is 14.1. The van der Waals surface area contributed by atoms with Crippen LogP contribution in [0, 0.1) is 11.6 Å². The van der Waals surface area contributed by atoms with E-state index >= 15 is 0 Å². The first kappa shape index (κ1) is 20.8. The van der Waals surface area contributed by atoms with Gasteiger partial charge < -0.3 is 16.4 Å². The average Bonchev–Trinajstić information content (AvgIpc) is 2.75. The third-order valence-electron chi connectivity index (χ3n) is 5.28. The van der Waals surface area contributed by atoms with Gasteiger partial charge in [0.2, 0.25) is 0 Å². The minimum absolute atomic E-state index is 0.0141. The van der Waals surface area contributed by atoms with Crippen LogP contribution in [-0.2, 0) is 6.42 Å². The van der Waals surface area contributed by atoms with Crippen LogP contribution in [0.25, 0.3) is 11.4 Å². The number of anilines is 2. The van der Waals surface area contributed by atoms with Crippen molar-refractivity contribution in [1.82, 2.24) is 15.0 Å². The van der Waals surface area contributed by atoms with Crippen molar-refractivity contribution in [1.29, 1.82) is 0 Å². The zero-order valence-corrected chi connectivity index (χ0v) is 16.8. The second-order valence-electron chi connectivity index (χ2n) is 7.57. The largest absolute Gasteiger partial charge is 0.396 e. The molecule has 0 radical (unpaired) electrons. The Morgan fingerprint density at radius 2 is 2.06 bits per heavy atom. The van der Waals surface area contributed by atoms with Crippen LogP contribution in [0.1, 0.15) is 28.9 Å². The number of halogens is 2. The van der Waals surface area contributed by atoms with Gasteiger partial charge >= 0.3 is 0 Å². The Morgan fingerprint density at radius 3 is 2.84 bits per heavy atom. The van der Waals surface area contributed by atoms with Gasteiger partial charge in [0.05, 0.1) is 17.4 Å². The summed E-state index contributed by atoms with van der Waals surface area (Å²) in [5.41, 5.74) is 13.7. The molecule has 4 N–H and O–H groups in total. The quantitative estimate of drug-likeness (QED) is 0.606. The Hall–Kier alpha value is -3.46. The normalized spacial score (nSPS) is 16.4. The van der Waals surface area contributed by atoms with Crippen molar-refractivity contribution < 1.29 is 13.6 Å². The summed E-state index contributed by atoms with van der Waals surface area (Å²) in [6, 6.07) is 5.01. The number of benzene rings is 1. The molecular formula is C22H22F2N6O. The number of nitrogens with zero attached hydrogens (tertiary/aromatic N) is 4. The SMILES string of the molecule is Nc1cnc(-c2ccc(F)cc2F)nc1C(=O)Cc1cnccc1N1CCC[C@H](N)C1. The fourth-order valence-corrected chi connectivity index (χ4v) is 3.77. The molecule has 1 aromatic carbocycles. The van der Waals surface area contributed by atoms with Crippen molar-refractivity contribution in [2.24, 2.45) is 5.73 Å². The lowest BCUT2D eigenvalue weighted by atomic mass is 10.0. The third kappa shape index (κ3) is 4.51. The highest BCUT2D eigenvalue weighted by atomic mass is 19.1. The van der Waals surface area contributed by atoms with Crippen LogP contribution in [0.2, 0.25) is 0 Å². The Labute approximate surface area is 178 Å². The van der Waals surface area contributed by atoms with Crippen molar-refractivity contribution in [2.75, 3.05) is 23.7 Å². The summed E-state index contributed by atoms with van der Waals surface area (Å²) in [7, 11) is 0. The van der Waals surface area contributed by atoms with E-state index in [0.29, 0.717) is 6.54 Å². The lowest BCUT2D eigenvalue weighted by Gasteiger charge is -2.33. The van der Waals surface area contributed by atoms with Crippen molar-refractivity contribution in [3.05, 3.63) is 65.7 Å². The van der Waals surface area contributed by atoms with Gasteiger partial charge in [0.25, 0.3) is 0 Å². The van der Waals surface area contributed by atoms with Crippen LogP contribution in [0.3, 0.4) is 0 Å². The number of carbonyl (C=O) groups is 1. The number of Topliss-reactive ketones (excluding diaryl/α,β-unsaturated/α-hetero) is 1. The van der Waals surface area contributed by atoms with E-state index in [1.807, 2.05) is 6.07 Å². The van der Waals surface area contributed by atoms with Gasteiger partial charge in [0.1, 0.15) is 17.3 Å². The van der Waals surface area contributed by atoms with E-state index in [-0.39, 0.29) is 41.0 Å². The van der Waals surface area contributed by atoms with E-state index < -0.39 is 11.6 Å². The second-order valence-corrected chi connectivity index (χ2v) is 7.57. The maximum atomic E-state index is 14.1. The molecule has 0 aliphatic carbocycles. The summed E-state index contributed by atoms with van der Waals surface area (Å²) >= 11 is 0. The van der Waals surface area contributed by atoms with Crippen molar-refractivity contribution >= 4 is 17.2 Å². The molecule has 0 saturated carbocycles. The van der Waals surface area contributed by atoms with Crippen LogP contribution >= 0.6 is 0 Å². The van der Waals surface area contributed by atoms with Crippen LogP contribution < -0.4 is 16.4 Å². The minimum Gasteiger partial charge on any atom is -0.396 e. The molecule has 2 aromatic heterocycles. The number of nitrogens with two attached hydrogens (primary N) is 2. The monoisotopic (exact) mass is 424 g/mol. The van der Waals surface area contributed by atoms with Crippen LogP contribution in [0.15, 0.2) is 42.9 Å². The highest BCUT2D eigenvalue weighted by Crippen LogP contribution is 2.26. The lowest BCUT2D eigenvalue weighted by Crippen LogP contribution is -2.43. The predicted molar refractivity (Wildman–Crippen MR) is 113 cm³/mol. The standard InChI is InChI=1S/C22H22F2N6O/c23-14-3-4-16(17(24)9-14)22-28-11-18(26)21(29-22)20(31)8-13-10-27-6-5-19(13)30-7-1-2-15(25)12-30/h3-6,9-11,15H,1-2,7-8,12,25-26H2/t15-/m0/s1. The predicted octanol–water partition coefficient (Wildman–Crippen LogP) is 2.75. The fourth-order valence-electron chi connectivity index (χ4n) is 3.77. The first-order chi connectivity index (χ1) is 14.9. The summed E-state index contributed by atoms with van der Waals surface area (Å²) in [6.07, 6.45) is 6.54. The van der Waals surface area contributed by atoms with Gasteiger partial charge in [-0.25, -0.2) is 18.7 Å². The molecule has 0 amide bonds. The molecule has 7 nitrogen and oxygen atoms in total. The Balaban J connectivity index is 1.63. The summed E-state index contributed by atoms with van der Waals surface area (Å²) in [6.45, 7) is 1.55. The molecule has 4 rings (SSSR count). The molecular weight excluding hydrogens is 402 g/mol. The Kier molecular flexibility index (Phi) is 5.85. The molecule has 1 fully saturated rings. The van der Waals surface area contributed by atoms with Crippen LogP contribution in [0.5, 0.6) is 0 Å². The topological polar surface area (TPSA) is 111 Å². The molecule has 3 aromatic rings. The van der Waals surface area contributed by atoms with Gasteiger partial charge in [-0.05, 0) is 31.0 Å². The van der Waals surface area contributed by atoms with Gasteiger partial charge in [-0.15, -0.1) is 0 Å². The minimum atomic E-state index is -0.820. The number of pyridine rings is 1. The number of hydrogen-bond acceptors (Lipinski definition) is 7. The second kappa shape index (κ2) is 8.73. The molecule has 1 aliphatic heterocycles. The summed E-state index contributed by atoms with van der Waals surface area (Å²) < 4.78 is 27.4. The first-order valence-corrected chi connectivity index (χ1v) is 9.97. The molecule has 160 valence electrons. The molecule has 0 spiro atoms. The summed E-state index contributed by atoms with van der Waals surface area (Å²) in [5.74, 6) is -1.92. The molecule has 0 unspecified atom stereocenters. The van der Waals surface area contributed by atoms with E-state index in [9.17, 15) is 13.6 Å². The zero-order chi connectivity index (χ0) is 22.0. The highest BCUT2D eigenvalue weighted by molar-refractivity contribution is 6.00. The van der Waals surface area contributed by atoms with E-state index in [1.165, 1.54) is 12.3 Å². The average molecular weight is 424 g/mol. The Morgan fingerprint density at radius 1 is 1.23 bits per heavy atom. The molecule has 1 atom stereocenters. The maximum Gasteiger partial charge on any atom is 0.187 e. The van der Waals surface area contributed by atoms with E-state index in [0.717, 1.165) is 42.8 Å². The third-order valence-corrected chi connectivity index (χ3v) is 5.28. The van der Waals surface area contributed by atoms with E-state index in [4.69, 9.17) is 11.5 Å². The number of piperidine rings is 1. The number of aromatic nitrogens is 3. The van der Waals surface area contributed by atoms with Gasteiger partial charge in [-0.1, -0.05) is 0 Å². The van der Waals surface area contributed by atoms with Crippen molar-refractivity contribution in [3.8, 4) is 11.4 Å². The number of rotatable bonds is 5. The molecule has 1 aliphatic rings. The van der Waals surface area contributed by atoms with Crippen LogP contribution in [-0.4, -0.2) is 39.9 Å². The molecule has 31 heavy (non-hydrogen) atoms. The van der Waals surface area contributed by atoms with E-state index in [1.54, 1.807) is 12.4 Å². The smallest absolute Gasteiger partial charge is 0.187 e. The molecule has 1 saturated heterocycles. The first-order valence-electron chi connectivity index (χ1n) is 9.97. The highest BCUT2D eigenvalue weighted by Gasteiger charge is 2.22. The van der Waals surface area contributed by atoms with E-state index in [2.05, 4.69) is 19.9 Å². The number of carbonyl (C=O) groups excluding carboxylic acids is 1. The number of nitrogen functional groups attached to an aromatic ring is 1. The number of hydrogen-bond donors (Lipinski definition) is 2. The summed E-state index contributed by atoms with van der Waals surface area (Å²) in [4.78, 5) is 27.6. The molecule has 0 bridgehead atoms. The van der Waals surface area contributed by atoms with Crippen LogP contribution in [0.4, 0.5) is 20.2 Å². The zero-order valence-electron chi connectivity index (χ0n) is 16.8. The van der Waals surface area contributed by atoms with Crippen molar-refractivity contribution in [3.63, 3.8) is 0 Å². The Bertz CT molecular complexity index is 1120. The molecule has 9 heteroatoms. The van der Waals surface area contributed by atoms with Gasteiger partial charge in [0, 0.05) is 55.3 Å². The van der Waals surface area contributed by atoms with Gasteiger partial charge in [-0.3, -0.25) is 9.78 Å². The lowest BCUT2D eigenvalue weighted by molar-refractivity contribution is 0.0989. The molecule has 3 heterocycles. The fraction of sp³-hybridized carbons (Fsp3) is 0.273. The number of ketones is 1. The van der Waals surface area contributed by atoms with Crippen molar-refractivity contribution in [2.45, 2.75) is 25.3 Å². The van der Waals surface area contributed by atoms with Gasteiger partial charge in [0.15, 0.2) is 11.6 Å². The van der Waals surface area contributed by atoms with Gasteiger partial charge in [-0.2, -0.15) is 0 Å².